The number of carbonyl (C=O) groups is 2. The van der Waals surface area contributed by atoms with Crippen LogP contribution in [-0.4, -0.2) is 29.9 Å². The Morgan fingerprint density at radius 1 is 1.38 bits per heavy atom. The summed E-state index contributed by atoms with van der Waals surface area (Å²) in [4.78, 5) is 24.0. The van der Waals surface area contributed by atoms with Crippen molar-refractivity contribution in [3.8, 4) is 0 Å². The molecule has 5 heteroatoms. The lowest BCUT2D eigenvalue weighted by Crippen LogP contribution is -2.32. The number of fused-ring (bicyclic) bond motifs is 1. The van der Waals surface area contributed by atoms with Crippen LogP contribution >= 0.6 is 0 Å². The predicted molar refractivity (Wildman–Crippen MR) is 54.9 cm³/mol. The Balaban J connectivity index is 2.60. The lowest BCUT2D eigenvalue weighted by Gasteiger charge is -2.15. The van der Waals surface area contributed by atoms with Crippen molar-refractivity contribution in [2.45, 2.75) is 6.92 Å². The molecule has 0 spiro atoms. The van der Waals surface area contributed by atoms with Crippen LogP contribution in [0, 0.1) is 12.7 Å². The molecule has 4 nitrogen and oxygen atoms in total. The molecule has 0 saturated heterocycles. The lowest BCUT2D eigenvalue weighted by molar-refractivity contribution is -0.114. The van der Waals surface area contributed by atoms with Crippen LogP contribution < -0.4 is 4.90 Å². The maximum absolute atomic E-state index is 13.6. The van der Waals surface area contributed by atoms with E-state index < -0.39 is 17.5 Å². The number of ketones is 1. The van der Waals surface area contributed by atoms with E-state index in [0.29, 0.717) is 5.56 Å². The molecule has 0 saturated carbocycles. The van der Waals surface area contributed by atoms with E-state index in [9.17, 15) is 14.0 Å². The lowest BCUT2D eigenvalue weighted by atomic mass is 10.1. The van der Waals surface area contributed by atoms with Crippen LogP contribution in [0.15, 0.2) is 12.1 Å². The number of hydrogen-bond acceptors (Lipinski definition) is 3. The van der Waals surface area contributed by atoms with Crippen molar-refractivity contribution in [2.24, 2.45) is 0 Å². The highest BCUT2D eigenvalue weighted by Gasteiger charge is 2.37. The van der Waals surface area contributed by atoms with Gasteiger partial charge >= 0.3 is 0 Å². The molecule has 1 aromatic rings. The van der Waals surface area contributed by atoms with Crippen molar-refractivity contribution in [2.75, 3.05) is 18.1 Å². The highest BCUT2D eigenvalue weighted by atomic mass is 19.1. The Morgan fingerprint density at radius 2 is 2.06 bits per heavy atom. The van der Waals surface area contributed by atoms with Gasteiger partial charge in [0.2, 0.25) is 0 Å². The minimum absolute atomic E-state index is 0.0188. The summed E-state index contributed by atoms with van der Waals surface area (Å²) in [6, 6.07) is 2.74. The number of aliphatic hydroxyl groups is 1. The van der Waals surface area contributed by atoms with Crippen molar-refractivity contribution in [1.29, 1.82) is 0 Å². The SMILES string of the molecule is Cc1cc(F)c2c(c1)C(=O)C(=O)N2CCO. The monoisotopic (exact) mass is 223 g/mol. The molecular weight excluding hydrogens is 213 g/mol. The number of aliphatic hydroxyl groups excluding tert-OH is 1. The normalized spacial score (nSPS) is 14.6. The molecule has 1 N–H and O–H groups in total. The summed E-state index contributed by atoms with van der Waals surface area (Å²) < 4.78 is 13.6. The summed E-state index contributed by atoms with van der Waals surface area (Å²) in [7, 11) is 0. The van der Waals surface area contributed by atoms with Crippen molar-refractivity contribution in [3.05, 3.63) is 29.1 Å². The quantitative estimate of drug-likeness (QED) is 0.749. The minimum atomic E-state index is -0.784. The van der Waals surface area contributed by atoms with Gasteiger partial charge in [0, 0.05) is 6.54 Å². The second-order valence-electron chi connectivity index (χ2n) is 3.65. The summed E-state index contributed by atoms with van der Waals surface area (Å²) in [6.45, 7) is 1.26. The molecule has 0 aromatic heterocycles. The zero-order chi connectivity index (χ0) is 11.9. The van der Waals surface area contributed by atoms with Gasteiger partial charge in [-0.3, -0.25) is 14.5 Å². The van der Waals surface area contributed by atoms with Gasteiger partial charge in [0.1, 0.15) is 5.82 Å². The maximum atomic E-state index is 13.6. The third kappa shape index (κ3) is 1.40. The van der Waals surface area contributed by atoms with Gasteiger partial charge in [-0.2, -0.15) is 0 Å². The van der Waals surface area contributed by atoms with E-state index in [4.69, 9.17) is 5.11 Å². The van der Waals surface area contributed by atoms with E-state index in [1.54, 1.807) is 6.92 Å². The summed E-state index contributed by atoms with van der Waals surface area (Å²) in [5, 5.41) is 8.77. The van der Waals surface area contributed by atoms with Crippen LogP contribution in [0.1, 0.15) is 15.9 Å². The third-order valence-corrected chi connectivity index (χ3v) is 2.49. The molecule has 0 unspecified atom stereocenters. The number of benzene rings is 1. The van der Waals surface area contributed by atoms with Crippen LogP contribution in [-0.2, 0) is 4.79 Å². The van der Waals surface area contributed by atoms with E-state index in [-0.39, 0.29) is 24.4 Å². The smallest absolute Gasteiger partial charge is 0.299 e. The maximum Gasteiger partial charge on any atom is 0.299 e. The number of amides is 1. The first kappa shape index (κ1) is 10.8. The van der Waals surface area contributed by atoms with Crippen LogP contribution in [0.3, 0.4) is 0 Å². The average Bonchev–Trinajstić information content (AvgIpc) is 2.44. The fourth-order valence-corrected chi connectivity index (χ4v) is 1.83. The molecule has 2 rings (SSSR count). The van der Waals surface area contributed by atoms with Crippen LogP contribution in [0.2, 0.25) is 0 Å². The zero-order valence-electron chi connectivity index (χ0n) is 8.66. The molecule has 1 amide bonds. The summed E-state index contributed by atoms with van der Waals surface area (Å²) in [5.41, 5.74) is 0.647. The molecule has 1 aromatic carbocycles. The number of nitrogens with zero attached hydrogens (tertiary/aromatic N) is 1. The molecule has 0 aliphatic carbocycles. The summed E-state index contributed by atoms with van der Waals surface area (Å²) in [6.07, 6.45) is 0. The van der Waals surface area contributed by atoms with E-state index in [0.717, 1.165) is 4.90 Å². The number of anilines is 1. The highest BCUT2D eigenvalue weighted by Crippen LogP contribution is 2.32. The minimum Gasteiger partial charge on any atom is -0.395 e. The summed E-state index contributed by atoms with van der Waals surface area (Å²) in [5.74, 6) is -2.11. The molecule has 1 heterocycles. The Labute approximate surface area is 91.3 Å². The van der Waals surface area contributed by atoms with E-state index >= 15 is 0 Å². The Kier molecular flexibility index (Phi) is 2.47. The van der Waals surface area contributed by atoms with E-state index in [2.05, 4.69) is 0 Å². The molecule has 0 bridgehead atoms. The van der Waals surface area contributed by atoms with Gasteiger partial charge in [-0.1, -0.05) is 0 Å². The fraction of sp³-hybridized carbons (Fsp3) is 0.273. The number of carbonyl (C=O) groups excluding carboxylic acids is 2. The number of aryl methyl sites for hydroxylation is 1. The highest BCUT2D eigenvalue weighted by molar-refractivity contribution is 6.52. The molecule has 0 fully saturated rings. The standard InChI is InChI=1S/C11H10FNO3/c1-6-4-7-9(8(12)5-6)13(2-3-14)11(16)10(7)15/h4-5,14H,2-3H2,1H3. The van der Waals surface area contributed by atoms with Gasteiger partial charge < -0.3 is 5.11 Å². The predicted octanol–water partition coefficient (Wildman–Crippen LogP) is 0.656. The first-order valence-electron chi connectivity index (χ1n) is 4.83. The topological polar surface area (TPSA) is 57.6 Å². The molecule has 16 heavy (non-hydrogen) atoms. The number of hydrogen-bond donors (Lipinski definition) is 1. The molecular formula is C11H10FNO3. The molecule has 0 atom stereocenters. The fourth-order valence-electron chi connectivity index (χ4n) is 1.83. The third-order valence-electron chi connectivity index (χ3n) is 2.49. The van der Waals surface area contributed by atoms with Gasteiger partial charge in [-0.15, -0.1) is 0 Å². The zero-order valence-corrected chi connectivity index (χ0v) is 8.66. The number of β-amino-alcohol motifs (C(OH)–C–C–N with tert-alkyl or cyclic N) is 1. The number of Topliss-reactive ketones (excluding diaryl/α,β-unsaturated/α-hetero) is 1. The van der Waals surface area contributed by atoms with E-state index in [1.165, 1.54) is 12.1 Å². The van der Waals surface area contributed by atoms with Crippen molar-refractivity contribution >= 4 is 17.4 Å². The van der Waals surface area contributed by atoms with Crippen molar-refractivity contribution in [1.82, 2.24) is 0 Å². The number of rotatable bonds is 2. The van der Waals surface area contributed by atoms with Gasteiger partial charge in [0.05, 0.1) is 17.9 Å². The molecule has 0 radical (unpaired) electrons. The Hall–Kier alpha value is -1.75. The van der Waals surface area contributed by atoms with Crippen molar-refractivity contribution in [3.63, 3.8) is 0 Å². The molecule has 1 aliphatic heterocycles. The van der Waals surface area contributed by atoms with Crippen LogP contribution in [0.25, 0.3) is 0 Å². The van der Waals surface area contributed by atoms with Gasteiger partial charge in [0.25, 0.3) is 11.7 Å². The Morgan fingerprint density at radius 3 is 2.69 bits per heavy atom. The van der Waals surface area contributed by atoms with Gasteiger partial charge in [-0.25, -0.2) is 4.39 Å². The largest absolute Gasteiger partial charge is 0.395 e. The first-order valence-corrected chi connectivity index (χ1v) is 4.83. The second-order valence-corrected chi connectivity index (χ2v) is 3.65. The van der Waals surface area contributed by atoms with Crippen LogP contribution in [0.4, 0.5) is 10.1 Å². The number of halogens is 1. The average molecular weight is 223 g/mol. The molecule has 84 valence electrons. The Bertz CT molecular complexity index is 484. The molecule has 1 aliphatic rings. The first-order chi connectivity index (χ1) is 7.56. The van der Waals surface area contributed by atoms with Crippen molar-refractivity contribution < 1.29 is 19.1 Å². The van der Waals surface area contributed by atoms with Gasteiger partial charge in [-0.05, 0) is 24.6 Å². The van der Waals surface area contributed by atoms with E-state index in [1.807, 2.05) is 0 Å². The summed E-state index contributed by atoms with van der Waals surface area (Å²) >= 11 is 0. The van der Waals surface area contributed by atoms with Gasteiger partial charge in [0.15, 0.2) is 0 Å². The second kappa shape index (κ2) is 3.68. The van der Waals surface area contributed by atoms with Crippen LogP contribution in [0.5, 0.6) is 0 Å².